The molecule has 1 unspecified atom stereocenters. The number of amides is 1. The summed E-state index contributed by atoms with van der Waals surface area (Å²) in [6, 6.07) is 0. The normalized spacial score (nSPS) is 21.3. The van der Waals surface area contributed by atoms with Crippen LogP contribution in [0.25, 0.3) is 0 Å². The Labute approximate surface area is 112 Å². The molecule has 0 bridgehead atoms. The Kier molecular flexibility index (Phi) is 5.24. The minimum absolute atomic E-state index is 0.0852. The lowest BCUT2D eigenvalue weighted by atomic mass is 9.74. The van der Waals surface area contributed by atoms with Gasteiger partial charge in [0.2, 0.25) is 5.91 Å². The van der Waals surface area contributed by atoms with E-state index in [1.165, 1.54) is 0 Å². The average Bonchev–Trinajstić information content (AvgIpc) is 2.35. The van der Waals surface area contributed by atoms with Gasteiger partial charge < -0.3 is 10.2 Å². The molecule has 0 saturated carbocycles. The van der Waals surface area contributed by atoms with E-state index in [9.17, 15) is 18.0 Å². The summed E-state index contributed by atoms with van der Waals surface area (Å²) in [5, 5.41) is 3.21. The molecule has 1 atom stereocenters. The van der Waals surface area contributed by atoms with Gasteiger partial charge in [0.15, 0.2) is 0 Å². The van der Waals surface area contributed by atoms with E-state index >= 15 is 0 Å². The van der Waals surface area contributed by atoms with E-state index < -0.39 is 24.0 Å². The Hall–Kier alpha value is -0.780. The molecule has 6 heteroatoms. The van der Waals surface area contributed by atoms with Gasteiger partial charge in [-0.1, -0.05) is 13.8 Å². The van der Waals surface area contributed by atoms with Gasteiger partial charge in [-0.05, 0) is 38.8 Å². The number of alkyl halides is 3. The summed E-state index contributed by atoms with van der Waals surface area (Å²) in [6.45, 7) is 5.63. The molecule has 3 nitrogen and oxygen atoms in total. The van der Waals surface area contributed by atoms with Gasteiger partial charge in [0.1, 0.15) is 6.54 Å². The molecule has 1 fully saturated rings. The van der Waals surface area contributed by atoms with Gasteiger partial charge in [0, 0.05) is 12.0 Å². The highest BCUT2D eigenvalue weighted by Crippen LogP contribution is 2.34. The fraction of sp³-hybridized carbons (Fsp3) is 0.923. The van der Waals surface area contributed by atoms with Crippen molar-refractivity contribution < 1.29 is 18.0 Å². The highest BCUT2D eigenvalue weighted by atomic mass is 19.4. The van der Waals surface area contributed by atoms with Gasteiger partial charge >= 0.3 is 6.18 Å². The van der Waals surface area contributed by atoms with E-state index in [0.717, 1.165) is 24.3 Å². The Morgan fingerprint density at radius 3 is 2.42 bits per heavy atom. The summed E-state index contributed by atoms with van der Waals surface area (Å²) >= 11 is 0. The quantitative estimate of drug-likeness (QED) is 0.857. The maximum absolute atomic E-state index is 12.5. The van der Waals surface area contributed by atoms with E-state index in [-0.39, 0.29) is 12.5 Å². The first-order valence-corrected chi connectivity index (χ1v) is 6.75. The predicted octanol–water partition coefficient (Wildman–Crippen LogP) is 2.42. The number of hydrogen-bond acceptors (Lipinski definition) is 2. The molecular formula is C13H23F3N2O. The number of hydrogen-bond donors (Lipinski definition) is 1. The van der Waals surface area contributed by atoms with Crippen molar-refractivity contribution in [2.45, 2.75) is 39.8 Å². The van der Waals surface area contributed by atoms with Crippen LogP contribution in [-0.2, 0) is 4.79 Å². The SMILES string of the molecule is CCN(CC(F)(F)F)C(=O)C(C)(C)C1CCCNC1. The first-order chi connectivity index (χ1) is 8.68. The molecule has 0 aromatic heterocycles. The first kappa shape index (κ1) is 16.3. The topological polar surface area (TPSA) is 32.3 Å². The molecule has 1 amide bonds. The van der Waals surface area contributed by atoms with Crippen LogP contribution in [0.15, 0.2) is 0 Å². The van der Waals surface area contributed by atoms with Crippen LogP contribution in [0, 0.1) is 11.3 Å². The summed E-state index contributed by atoms with van der Waals surface area (Å²) < 4.78 is 37.4. The van der Waals surface area contributed by atoms with Gasteiger partial charge in [-0.2, -0.15) is 13.2 Å². The zero-order valence-electron chi connectivity index (χ0n) is 11.8. The van der Waals surface area contributed by atoms with Crippen molar-refractivity contribution in [3.63, 3.8) is 0 Å². The number of rotatable bonds is 4. The van der Waals surface area contributed by atoms with Crippen LogP contribution >= 0.6 is 0 Å². The monoisotopic (exact) mass is 280 g/mol. The Balaban J connectivity index is 2.76. The highest BCUT2D eigenvalue weighted by Gasteiger charge is 2.42. The predicted molar refractivity (Wildman–Crippen MR) is 67.7 cm³/mol. The largest absolute Gasteiger partial charge is 0.406 e. The van der Waals surface area contributed by atoms with Crippen LogP contribution < -0.4 is 5.32 Å². The van der Waals surface area contributed by atoms with Gasteiger partial charge in [0.05, 0.1) is 0 Å². The number of carbonyl (C=O) groups excluding carboxylic acids is 1. The first-order valence-electron chi connectivity index (χ1n) is 6.75. The van der Waals surface area contributed by atoms with Crippen LogP contribution in [0.1, 0.15) is 33.6 Å². The molecule has 1 aliphatic heterocycles. The van der Waals surface area contributed by atoms with E-state index in [2.05, 4.69) is 5.32 Å². The van der Waals surface area contributed by atoms with Gasteiger partial charge in [-0.25, -0.2) is 0 Å². The van der Waals surface area contributed by atoms with Crippen LogP contribution in [0.5, 0.6) is 0 Å². The van der Waals surface area contributed by atoms with E-state index in [4.69, 9.17) is 0 Å². The molecule has 1 saturated heterocycles. The highest BCUT2D eigenvalue weighted by molar-refractivity contribution is 5.82. The molecule has 19 heavy (non-hydrogen) atoms. The van der Waals surface area contributed by atoms with Gasteiger partial charge in [-0.3, -0.25) is 4.79 Å². The van der Waals surface area contributed by atoms with E-state index in [0.29, 0.717) is 6.54 Å². The molecule has 1 aliphatic rings. The van der Waals surface area contributed by atoms with Gasteiger partial charge in [0.25, 0.3) is 0 Å². The number of halogens is 3. The van der Waals surface area contributed by atoms with Crippen LogP contribution in [0.2, 0.25) is 0 Å². The van der Waals surface area contributed by atoms with Crippen molar-refractivity contribution in [1.82, 2.24) is 10.2 Å². The minimum Gasteiger partial charge on any atom is -0.333 e. The van der Waals surface area contributed by atoms with Gasteiger partial charge in [-0.15, -0.1) is 0 Å². The number of nitrogens with zero attached hydrogens (tertiary/aromatic N) is 1. The van der Waals surface area contributed by atoms with E-state index in [1.54, 1.807) is 20.8 Å². The number of piperidine rings is 1. The third kappa shape index (κ3) is 4.37. The standard InChI is InChI=1S/C13H23F3N2O/c1-4-18(9-13(14,15)16)11(19)12(2,3)10-6-5-7-17-8-10/h10,17H,4-9H2,1-3H3. The Morgan fingerprint density at radius 2 is 2.00 bits per heavy atom. The molecule has 0 aromatic carbocycles. The van der Waals surface area contributed by atoms with Crippen molar-refractivity contribution >= 4 is 5.91 Å². The third-order valence-corrected chi connectivity index (χ3v) is 3.91. The van der Waals surface area contributed by atoms with Crippen LogP contribution in [0.4, 0.5) is 13.2 Å². The molecule has 1 N–H and O–H groups in total. The molecule has 1 rings (SSSR count). The second kappa shape index (κ2) is 6.11. The second-order valence-electron chi connectivity index (χ2n) is 5.70. The average molecular weight is 280 g/mol. The third-order valence-electron chi connectivity index (χ3n) is 3.91. The van der Waals surface area contributed by atoms with Crippen molar-refractivity contribution in [2.24, 2.45) is 11.3 Å². The van der Waals surface area contributed by atoms with Crippen molar-refractivity contribution in [2.75, 3.05) is 26.2 Å². The summed E-state index contributed by atoms with van der Waals surface area (Å²) in [5.41, 5.74) is -0.755. The number of carbonyl (C=O) groups is 1. The fourth-order valence-electron chi connectivity index (χ4n) is 2.59. The Bertz CT molecular complexity index is 310. The summed E-state index contributed by atoms with van der Waals surface area (Å²) in [7, 11) is 0. The molecule has 112 valence electrons. The second-order valence-corrected chi connectivity index (χ2v) is 5.70. The van der Waals surface area contributed by atoms with Crippen molar-refractivity contribution in [1.29, 1.82) is 0 Å². The maximum Gasteiger partial charge on any atom is 0.406 e. The fourth-order valence-corrected chi connectivity index (χ4v) is 2.59. The van der Waals surface area contributed by atoms with Crippen molar-refractivity contribution in [3.8, 4) is 0 Å². The molecule has 0 radical (unpaired) electrons. The molecule has 1 heterocycles. The zero-order chi connectivity index (χ0) is 14.7. The molecular weight excluding hydrogens is 257 g/mol. The number of nitrogens with one attached hydrogen (secondary N) is 1. The summed E-state index contributed by atoms with van der Waals surface area (Å²) in [5.74, 6) is -0.308. The lowest BCUT2D eigenvalue weighted by Gasteiger charge is -2.39. The lowest BCUT2D eigenvalue weighted by Crippen LogP contribution is -2.51. The summed E-state index contributed by atoms with van der Waals surface area (Å²) in [6.07, 6.45) is -2.49. The Morgan fingerprint density at radius 1 is 1.37 bits per heavy atom. The van der Waals surface area contributed by atoms with Crippen molar-refractivity contribution in [3.05, 3.63) is 0 Å². The zero-order valence-corrected chi connectivity index (χ0v) is 11.8. The van der Waals surface area contributed by atoms with E-state index in [1.807, 2.05) is 0 Å². The van der Waals surface area contributed by atoms with Crippen LogP contribution in [-0.4, -0.2) is 43.2 Å². The maximum atomic E-state index is 12.5. The van der Waals surface area contributed by atoms with Crippen LogP contribution in [0.3, 0.4) is 0 Å². The lowest BCUT2D eigenvalue weighted by molar-refractivity contribution is -0.168. The summed E-state index contributed by atoms with van der Waals surface area (Å²) in [4.78, 5) is 13.3. The molecule has 0 aliphatic carbocycles. The smallest absolute Gasteiger partial charge is 0.333 e. The molecule has 0 aromatic rings. The minimum atomic E-state index is -4.34. The molecule has 0 spiro atoms.